The zero-order valence-corrected chi connectivity index (χ0v) is 12.7. The fourth-order valence-electron chi connectivity index (χ4n) is 2.34. The van der Waals surface area contributed by atoms with Crippen molar-refractivity contribution in [1.82, 2.24) is 9.38 Å². The molecule has 0 aliphatic rings. The van der Waals surface area contributed by atoms with Gasteiger partial charge in [-0.05, 0) is 30.5 Å². The Hall–Kier alpha value is -1.85. The van der Waals surface area contributed by atoms with Crippen molar-refractivity contribution in [2.45, 2.75) is 25.4 Å². The van der Waals surface area contributed by atoms with Gasteiger partial charge in [0.25, 0.3) is 0 Å². The first-order valence-corrected chi connectivity index (χ1v) is 7.84. The number of rotatable bonds is 6. The van der Waals surface area contributed by atoms with Gasteiger partial charge in [-0.15, -0.1) is 11.3 Å². The second-order valence-electron chi connectivity index (χ2n) is 5.07. The van der Waals surface area contributed by atoms with Gasteiger partial charge in [-0.3, -0.25) is 4.40 Å². The van der Waals surface area contributed by atoms with Crippen LogP contribution in [0, 0.1) is 0 Å². The van der Waals surface area contributed by atoms with Crippen LogP contribution in [0.5, 0.6) is 5.75 Å². The smallest absolute Gasteiger partial charge is 0.193 e. The molecule has 0 amide bonds. The third-order valence-electron chi connectivity index (χ3n) is 3.51. The van der Waals surface area contributed by atoms with Crippen LogP contribution >= 0.6 is 11.3 Å². The van der Waals surface area contributed by atoms with Crippen molar-refractivity contribution < 1.29 is 9.84 Å². The summed E-state index contributed by atoms with van der Waals surface area (Å²) < 4.78 is 7.13. The molecule has 2 heterocycles. The zero-order chi connectivity index (χ0) is 14.7. The first-order valence-electron chi connectivity index (χ1n) is 6.96. The monoisotopic (exact) mass is 302 g/mol. The number of methoxy groups -OCH3 is 1. The molecule has 0 radical (unpaired) electrons. The SMILES string of the molecule is COc1ccc(CCC(O)Cc2cn3ccsc3n2)cc1. The summed E-state index contributed by atoms with van der Waals surface area (Å²) in [6.07, 6.45) is 5.80. The minimum absolute atomic E-state index is 0.364. The molecule has 0 bridgehead atoms. The molecule has 0 saturated heterocycles. The van der Waals surface area contributed by atoms with Gasteiger partial charge in [0.2, 0.25) is 0 Å². The van der Waals surface area contributed by atoms with Crippen molar-refractivity contribution in [3.63, 3.8) is 0 Å². The Morgan fingerprint density at radius 1 is 1.33 bits per heavy atom. The van der Waals surface area contributed by atoms with Gasteiger partial charge in [-0.1, -0.05) is 12.1 Å². The second-order valence-corrected chi connectivity index (χ2v) is 5.94. The van der Waals surface area contributed by atoms with Crippen LogP contribution in [0.2, 0.25) is 0 Å². The maximum Gasteiger partial charge on any atom is 0.193 e. The highest BCUT2D eigenvalue weighted by Crippen LogP contribution is 2.16. The van der Waals surface area contributed by atoms with Gasteiger partial charge in [0.15, 0.2) is 4.96 Å². The molecule has 5 heteroatoms. The third kappa shape index (κ3) is 3.43. The van der Waals surface area contributed by atoms with E-state index in [0.717, 1.165) is 29.2 Å². The van der Waals surface area contributed by atoms with Gasteiger partial charge in [0, 0.05) is 24.2 Å². The summed E-state index contributed by atoms with van der Waals surface area (Å²) in [5, 5.41) is 12.2. The molecule has 3 aromatic rings. The summed E-state index contributed by atoms with van der Waals surface area (Å²) in [6, 6.07) is 7.98. The van der Waals surface area contributed by atoms with Gasteiger partial charge in [-0.25, -0.2) is 4.98 Å². The highest BCUT2D eigenvalue weighted by atomic mass is 32.1. The van der Waals surface area contributed by atoms with E-state index in [4.69, 9.17) is 4.74 Å². The van der Waals surface area contributed by atoms with Gasteiger partial charge in [-0.2, -0.15) is 0 Å². The molecule has 1 atom stereocenters. The Morgan fingerprint density at radius 3 is 2.86 bits per heavy atom. The molecule has 110 valence electrons. The average Bonchev–Trinajstić information content (AvgIpc) is 3.07. The van der Waals surface area contributed by atoms with Crippen LogP contribution in [-0.2, 0) is 12.8 Å². The van der Waals surface area contributed by atoms with Crippen molar-refractivity contribution >= 4 is 16.3 Å². The molecule has 3 rings (SSSR count). The van der Waals surface area contributed by atoms with Crippen LogP contribution in [0.15, 0.2) is 42.0 Å². The molecule has 4 nitrogen and oxygen atoms in total. The number of aliphatic hydroxyl groups is 1. The second kappa shape index (κ2) is 6.28. The van der Waals surface area contributed by atoms with E-state index in [0.29, 0.717) is 6.42 Å². The molecular weight excluding hydrogens is 284 g/mol. The molecule has 0 spiro atoms. The standard InChI is InChI=1S/C16H18N2O2S/c1-20-15-6-3-12(4-7-15)2-5-14(19)10-13-11-18-8-9-21-16(18)17-13/h3-4,6-9,11,14,19H,2,5,10H2,1H3. The molecule has 21 heavy (non-hydrogen) atoms. The molecule has 0 aliphatic heterocycles. The normalized spacial score (nSPS) is 12.7. The van der Waals surface area contributed by atoms with Gasteiger partial charge in [0.1, 0.15) is 5.75 Å². The molecule has 0 fully saturated rings. The first kappa shape index (κ1) is 14.1. The maximum atomic E-state index is 10.2. The van der Waals surface area contributed by atoms with E-state index in [1.54, 1.807) is 18.4 Å². The largest absolute Gasteiger partial charge is 0.497 e. The minimum atomic E-state index is -0.364. The lowest BCUT2D eigenvalue weighted by Gasteiger charge is -2.09. The van der Waals surface area contributed by atoms with Crippen LogP contribution in [0.25, 0.3) is 4.96 Å². The van der Waals surface area contributed by atoms with E-state index in [1.165, 1.54) is 5.56 Å². The molecule has 1 unspecified atom stereocenters. The van der Waals surface area contributed by atoms with Crippen LogP contribution in [0.4, 0.5) is 0 Å². The first-order chi connectivity index (χ1) is 10.2. The average molecular weight is 302 g/mol. The van der Waals surface area contributed by atoms with E-state index in [9.17, 15) is 5.11 Å². The number of hydrogen-bond donors (Lipinski definition) is 1. The van der Waals surface area contributed by atoms with Crippen molar-refractivity contribution in [1.29, 1.82) is 0 Å². The lowest BCUT2D eigenvalue weighted by atomic mass is 10.0. The number of benzene rings is 1. The number of fused-ring (bicyclic) bond motifs is 1. The van der Waals surface area contributed by atoms with Crippen molar-refractivity contribution in [3.8, 4) is 5.75 Å². The number of hydrogen-bond acceptors (Lipinski definition) is 4. The van der Waals surface area contributed by atoms with Crippen molar-refractivity contribution in [3.05, 3.63) is 53.3 Å². The topological polar surface area (TPSA) is 46.8 Å². The number of aliphatic hydroxyl groups excluding tert-OH is 1. The van der Waals surface area contributed by atoms with Gasteiger partial charge < -0.3 is 9.84 Å². The molecule has 2 aromatic heterocycles. The minimum Gasteiger partial charge on any atom is -0.497 e. The predicted molar refractivity (Wildman–Crippen MR) is 84.1 cm³/mol. The predicted octanol–water partition coefficient (Wildman–Crippen LogP) is 2.94. The lowest BCUT2D eigenvalue weighted by molar-refractivity contribution is 0.164. The third-order valence-corrected chi connectivity index (χ3v) is 4.28. The summed E-state index contributed by atoms with van der Waals surface area (Å²) in [6.45, 7) is 0. The van der Waals surface area contributed by atoms with E-state index >= 15 is 0 Å². The summed E-state index contributed by atoms with van der Waals surface area (Å²) in [5.41, 5.74) is 2.16. The number of thiazole rings is 1. The van der Waals surface area contributed by atoms with E-state index in [2.05, 4.69) is 4.98 Å². The lowest BCUT2D eigenvalue weighted by Crippen LogP contribution is -2.11. The number of ether oxygens (including phenoxy) is 1. The molecule has 1 aromatic carbocycles. The summed E-state index contributed by atoms with van der Waals surface area (Å²) >= 11 is 1.61. The fraction of sp³-hybridized carbons (Fsp3) is 0.312. The molecule has 0 aliphatic carbocycles. The summed E-state index contributed by atoms with van der Waals surface area (Å²) in [4.78, 5) is 5.47. The molecular formula is C16H18N2O2S. The molecule has 0 saturated carbocycles. The highest BCUT2D eigenvalue weighted by molar-refractivity contribution is 7.15. The summed E-state index contributed by atoms with van der Waals surface area (Å²) in [5.74, 6) is 0.859. The summed E-state index contributed by atoms with van der Waals surface area (Å²) in [7, 11) is 1.66. The quantitative estimate of drug-likeness (QED) is 0.761. The Balaban J connectivity index is 1.53. The van der Waals surface area contributed by atoms with Crippen molar-refractivity contribution in [2.75, 3.05) is 7.11 Å². The van der Waals surface area contributed by atoms with Crippen LogP contribution in [-0.4, -0.2) is 27.7 Å². The van der Waals surface area contributed by atoms with E-state index < -0.39 is 0 Å². The van der Waals surface area contributed by atoms with Gasteiger partial charge in [0.05, 0.1) is 18.9 Å². The van der Waals surface area contributed by atoms with E-state index in [-0.39, 0.29) is 6.10 Å². The number of nitrogens with zero attached hydrogens (tertiary/aromatic N) is 2. The molecule has 1 N–H and O–H groups in total. The van der Waals surface area contributed by atoms with Gasteiger partial charge >= 0.3 is 0 Å². The van der Waals surface area contributed by atoms with Crippen molar-refractivity contribution in [2.24, 2.45) is 0 Å². The Kier molecular flexibility index (Phi) is 4.22. The fourth-order valence-corrected chi connectivity index (χ4v) is 3.06. The van der Waals surface area contributed by atoms with Crippen LogP contribution in [0.3, 0.4) is 0 Å². The number of aryl methyl sites for hydroxylation is 1. The number of imidazole rings is 1. The Morgan fingerprint density at radius 2 is 2.14 bits per heavy atom. The van der Waals surface area contributed by atoms with E-state index in [1.807, 2.05) is 46.4 Å². The highest BCUT2D eigenvalue weighted by Gasteiger charge is 2.10. The van der Waals surface area contributed by atoms with Crippen LogP contribution < -0.4 is 4.74 Å². The Bertz CT molecular complexity index is 674. The van der Waals surface area contributed by atoms with Crippen LogP contribution in [0.1, 0.15) is 17.7 Å². The Labute approximate surface area is 127 Å². The number of aromatic nitrogens is 2. The zero-order valence-electron chi connectivity index (χ0n) is 11.9. The maximum absolute atomic E-state index is 10.2.